The van der Waals surface area contributed by atoms with Crippen LogP contribution in [0.1, 0.15) is 36.0 Å². The first kappa shape index (κ1) is 22.0. The van der Waals surface area contributed by atoms with Crippen molar-refractivity contribution >= 4 is 11.8 Å². The molecule has 172 valence electrons. The van der Waals surface area contributed by atoms with Gasteiger partial charge in [-0.15, -0.1) is 0 Å². The molecule has 0 radical (unpaired) electrons. The summed E-state index contributed by atoms with van der Waals surface area (Å²) in [6, 6.07) is 4.12. The van der Waals surface area contributed by atoms with E-state index in [0.29, 0.717) is 24.6 Å². The Kier molecular flexibility index (Phi) is 6.26. The normalized spacial score (nSPS) is 18.6. The molecule has 4 rings (SSSR count). The van der Waals surface area contributed by atoms with E-state index in [1.54, 1.807) is 6.92 Å². The molecule has 2 aromatic rings. The number of nitrogens with zero attached hydrogens (tertiary/aromatic N) is 2. The fraction of sp³-hybridized carbons (Fsp3) is 0.476. The molecule has 2 fully saturated rings. The summed E-state index contributed by atoms with van der Waals surface area (Å²) < 4.78 is 41.5. The van der Waals surface area contributed by atoms with E-state index in [1.807, 2.05) is 0 Å². The summed E-state index contributed by atoms with van der Waals surface area (Å²) in [4.78, 5) is 30.5. The van der Waals surface area contributed by atoms with Crippen molar-refractivity contribution in [2.24, 2.45) is 11.7 Å². The molecule has 1 unspecified atom stereocenters. The van der Waals surface area contributed by atoms with Gasteiger partial charge in [-0.05, 0) is 43.9 Å². The molecule has 1 aromatic carbocycles. The summed E-state index contributed by atoms with van der Waals surface area (Å²) in [5, 5.41) is 2.74. The lowest BCUT2D eigenvalue weighted by Gasteiger charge is -2.30. The van der Waals surface area contributed by atoms with Crippen molar-refractivity contribution in [1.29, 1.82) is 0 Å². The van der Waals surface area contributed by atoms with Gasteiger partial charge >= 0.3 is 6.61 Å². The Morgan fingerprint density at radius 3 is 2.81 bits per heavy atom. The molecular formula is C21H24F2N4O5. The van der Waals surface area contributed by atoms with Crippen LogP contribution in [0.4, 0.5) is 8.78 Å². The Hall–Kier alpha value is -3.21. The number of hydrogen-bond acceptors (Lipinski definition) is 7. The standard InChI is InChI=1S/C21H24F2N4O5/c1-11-8-27(9-17(28)25-11)20(29)18-16(7-24)31-19(26-18)13-4-5-14(32-21(22)23)15(6-13)30-10-12-2-3-12/h4-6,11-12,21H,2-3,7-10,24H2,1H3,(H,25,28). The summed E-state index contributed by atoms with van der Waals surface area (Å²) in [7, 11) is 0. The molecule has 2 amide bonds. The number of hydrogen-bond donors (Lipinski definition) is 2. The second-order valence-corrected chi connectivity index (χ2v) is 7.94. The number of nitrogens with one attached hydrogen (secondary N) is 1. The molecule has 1 aliphatic heterocycles. The number of alkyl halides is 2. The van der Waals surface area contributed by atoms with Gasteiger partial charge in [-0.2, -0.15) is 8.78 Å². The zero-order valence-electron chi connectivity index (χ0n) is 17.5. The first-order valence-corrected chi connectivity index (χ1v) is 10.3. The number of nitrogens with two attached hydrogens (primary N) is 1. The Balaban J connectivity index is 1.61. The SMILES string of the molecule is CC1CN(C(=O)c2nc(-c3ccc(OC(F)F)c(OCC4CC4)c3)oc2CN)CC(=O)N1. The molecule has 1 saturated carbocycles. The number of piperazine rings is 1. The molecule has 1 aromatic heterocycles. The van der Waals surface area contributed by atoms with Crippen molar-refractivity contribution in [2.75, 3.05) is 19.7 Å². The van der Waals surface area contributed by atoms with Gasteiger partial charge in [0, 0.05) is 18.2 Å². The fourth-order valence-corrected chi connectivity index (χ4v) is 3.46. The maximum absolute atomic E-state index is 13.0. The van der Waals surface area contributed by atoms with Crippen LogP contribution in [0.25, 0.3) is 11.5 Å². The highest BCUT2D eigenvalue weighted by Crippen LogP contribution is 2.36. The molecule has 32 heavy (non-hydrogen) atoms. The lowest BCUT2D eigenvalue weighted by atomic mass is 10.2. The van der Waals surface area contributed by atoms with Crippen LogP contribution in [-0.4, -0.2) is 54.0 Å². The third-order valence-corrected chi connectivity index (χ3v) is 5.19. The van der Waals surface area contributed by atoms with Crippen molar-refractivity contribution in [3.63, 3.8) is 0 Å². The average Bonchev–Trinajstić information content (AvgIpc) is 3.47. The van der Waals surface area contributed by atoms with Gasteiger partial charge in [0.15, 0.2) is 23.0 Å². The molecule has 1 atom stereocenters. The second kappa shape index (κ2) is 9.11. The van der Waals surface area contributed by atoms with E-state index in [2.05, 4.69) is 15.0 Å². The Labute approximate surface area is 182 Å². The maximum atomic E-state index is 13.0. The van der Waals surface area contributed by atoms with Crippen molar-refractivity contribution in [1.82, 2.24) is 15.2 Å². The Morgan fingerprint density at radius 1 is 1.38 bits per heavy atom. The van der Waals surface area contributed by atoms with E-state index >= 15 is 0 Å². The van der Waals surface area contributed by atoms with Gasteiger partial charge in [0.2, 0.25) is 11.8 Å². The number of aromatic nitrogens is 1. The minimum absolute atomic E-state index is 0.0118. The van der Waals surface area contributed by atoms with Crippen LogP contribution in [-0.2, 0) is 11.3 Å². The Bertz CT molecular complexity index is 1010. The summed E-state index contributed by atoms with van der Waals surface area (Å²) in [6.07, 6.45) is 2.06. The van der Waals surface area contributed by atoms with Crippen molar-refractivity contribution in [3.8, 4) is 23.0 Å². The quantitative estimate of drug-likeness (QED) is 0.632. The molecule has 0 spiro atoms. The number of halogens is 2. The van der Waals surface area contributed by atoms with Crippen LogP contribution >= 0.6 is 0 Å². The molecular weight excluding hydrogens is 426 g/mol. The number of ether oxygens (including phenoxy) is 2. The number of oxazole rings is 1. The van der Waals surface area contributed by atoms with Crippen LogP contribution < -0.4 is 20.5 Å². The lowest BCUT2D eigenvalue weighted by molar-refractivity contribution is -0.124. The van der Waals surface area contributed by atoms with Crippen molar-refractivity contribution in [2.45, 2.75) is 39.0 Å². The number of carbonyl (C=O) groups is 2. The highest BCUT2D eigenvalue weighted by atomic mass is 19.3. The van der Waals surface area contributed by atoms with E-state index in [-0.39, 0.29) is 53.9 Å². The summed E-state index contributed by atoms with van der Waals surface area (Å²) in [5.41, 5.74) is 6.17. The van der Waals surface area contributed by atoms with Crippen molar-refractivity contribution in [3.05, 3.63) is 29.7 Å². The van der Waals surface area contributed by atoms with Crippen LogP contribution in [0.5, 0.6) is 11.5 Å². The third-order valence-electron chi connectivity index (χ3n) is 5.19. The van der Waals surface area contributed by atoms with Crippen LogP contribution in [0.15, 0.2) is 22.6 Å². The molecule has 0 bridgehead atoms. The zero-order valence-corrected chi connectivity index (χ0v) is 17.5. The van der Waals surface area contributed by atoms with E-state index in [9.17, 15) is 18.4 Å². The van der Waals surface area contributed by atoms with Crippen molar-refractivity contribution < 1.29 is 32.3 Å². The number of amides is 2. The smallest absolute Gasteiger partial charge is 0.387 e. The molecule has 2 aliphatic rings. The van der Waals surface area contributed by atoms with E-state index < -0.39 is 12.5 Å². The predicted octanol–water partition coefficient (Wildman–Crippen LogP) is 2.15. The third kappa shape index (κ3) is 4.98. The average molecular weight is 450 g/mol. The molecule has 11 heteroatoms. The molecule has 1 saturated heterocycles. The topological polar surface area (TPSA) is 120 Å². The number of carbonyl (C=O) groups excluding carboxylic acids is 2. The van der Waals surface area contributed by atoms with Crippen LogP contribution in [0.2, 0.25) is 0 Å². The van der Waals surface area contributed by atoms with Gasteiger partial charge in [0.05, 0.1) is 19.7 Å². The van der Waals surface area contributed by atoms with Gasteiger partial charge in [0.25, 0.3) is 5.91 Å². The molecule has 1 aliphatic carbocycles. The minimum Gasteiger partial charge on any atom is -0.489 e. The minimum atomic E-state index is -3.00. The monoisotopic (exact) mass is 450 g/mol. The van der Waals surface area contributed by atoms with E-state index in [0.717, 1.165) is 12.8 Å². The lowest BCUT2D eigenvalue weighted by Crippen LogP contribution is -2.54. The van der Waals surface area contributed by atoms with Gasteiger partial charge in [-0.1, -0.05) is 0 Å². The highest BCUT2D eigenvalue weighted by Gasteiger charge is 2.31. The van der Waals surface area contributed by atoms with E-state index in [4.69, 9.17) is 14.9 Å². The highest BCUT2D eigenvalue weighted by molar-refractivity contribution is 5.96. The first-order chi connectivity index (χ1) is 15.3. The van der Waals surface area contributed by atoms with E-state index in [1.165, 1.54) is 23.1 Å². The predicted molar refractivity (Wildman–Crippen MR) is 108 cm³/mol. The largest absolute Gasteiger partial charge is 0.489 e. The number of rotatable bonds is 8. The van der Waals surface area contributed by atoms with Gasteiger partial charge in [-0.25, -0.2) is 4.98 Å². The summed E-state index contributed by atoms with van der Waals surface area (Å²) in [5.74, 6) is -0.0411. The summed E-state index contributed by atoms with van der Waals surface area (Å²) in [6.45, 7) is -0.656. The molecule has 9 nitrogen and oxygen atoms in total. The molecule has 2 heterocycles. The fourth-order valence-electron chi connectivity index (χ4n) is 3.46. The summed E-state index contributed by atoms with van der Waals surface area (Å²) >= 11 is 0. The Morgan fingerprint density at radius 2 is 2.16 bits per heavy atom. The van der Waals surface area contributed by atoms with Crippen LogP contribution in [0.3, 0.4) is 0 Å². The second-order valence-electron chi connectivity index (χ2n) is 7.94. The maximum Gasteiger partial charge on any atom is 0.387 e. The van der Waals surface area contributed by atoms with Crippen LogP contribution in [0, 0.1) is 5.92 Å². The van der Waals surface area contributed by atoms with Gasteiger partial charge in [-0.3, -0.25) is 9.59 Å². The number of benzene rings is 1. The van der Waals surface area contributed by atoms with Gasteiger partial charge in [0.1, 0.15) is 0 Å². The first-order valence-electron chi connectivity index (χ1n) is 10.3. The van der Waals surface area contributed by atoms with Gasteiger partial charge < -0.3 is 29.8 Å². The zero-order chi connectivity index (χ0) is 22.8. The molecule has 3 N–H and O–H groups in total.